The van der Waals surface area contributed by atoms with E-state index in [9.17, 15) is 0 Å². The molecule has 0 saturated carbocycles. The van der Waals surface area contributed by atoms with E-state index in [-0.39, 0.29) is 0 Å². The summed E-state index contributed by atoms with van der Waals surface area (Å²) < 4.78 is 9.06. The fraction of sp³-hybridized carbons (Fsp3) is 0. The standard InChI is InChI=1S/C58H38N2O/c1-2-14-42-38-45(28-27-39(42)13-1)44-16-11-15-43(37-44)40-29-33-46(34-30-40)59(56-25-12-21-52-51-20-6-10-26-57(51)61-58(52)56)47-35-31-41(32-36-47)48-17-3-7-22-53(48)60-54-23-8-4-18-49(54)50-19-5-9-24-55(50)60/h1-38H. The summed E-state index contributed by atoms with van der Waals surface area (Å²) in [6.45, 7) is 0. The lowest BCUT2D eigenvalue weighted by atomic mass is 9.97. The molecule has 61 heavy (non-hydrogen) atoms. The van der Waals surface area contributed by atoms with Crippen molar-refractivity contribution in [3.63, 3.8) is 0 Å². The summed E-state index contributed by atoms with van der Waals surface area (Å²) in [5, 5.41) is 7.20. The summed E-state index contributed by atoms with van der Waals surface area (Å²) in [5.74, 6) is 0. The Morgan fingerprint density at radius 3 is 1.64 bits per heavy atom. The Bertz CT molecular complexity index is 3540. The molecular weight excluding hydrogens is 741 g/mol. The predicted octanol–water partition coefficient (Wildman–Crippen LogP) is 16.3. The van der Waals surface area contributed by atoms with Crippen molar-refractivity contribution in [2.75, 3.05) is 4.90 Å². The third-order valence-corrected chi connectivity index (χ3v) is 12.2. The summed E-state index contributed by atoms with van der Waals surface area (Å²) in [5.41, 5.74) is 15.4. The lowest BCUT2D eigenvalue weighted by Gasteiger charge is -2.26. The Morgan fingerprint density at radius 1 is 0.344 bits per heavy atom. The molecule has 10 aromatic carbocycles. The zero-order valence-corrected chi connectivity index (χ0v) is 33.2. The molecule has 0 aliphatic carbocycles. The molecule has 0 spiro atoms. The van der Waals surface area contributed by atoms with Crippen LogP contribution >= 0.6 is 0 Å². The van der Waals surface area contributed by atoms with Crippen molar-refractivity contribution in [2.45, 2.75) is 0 Å². The van der Waals surface area contributed by atoms with Crippen LogP contribution in [0.15, 0.2) is 235 Å². The molecule has 3 nitrogen and oxygen atoms in total. The van der Waals surface area contributed by atoms with E-state index in [0.717, 1.165) is 55.8 Å². The maximum Gasteiger partial charge on any atom is 0.159 e. The van der Waals surface area contributed by atoms with Gasteiger partial charge in [-0.25, -0.2) is 0 Å². The fourth-order valence-electron chi connectivity index (χ4n) is 9.27. The van der Waals surface area contributed by atoms with Crippen LogP contribution in [-0.4, -0.2) is 4.57 Å². The van der Waals surface area contributed by atoms with E-state index in [0.29, 0.717) is 0 Å². The van der Waals surface area contributed by atoms with Gasteiger partial charge >= 0.3 is 0 Å². The molecule has 12 rings (SSSR count). The van der Waals surface area contributed by atoms with Crippen molar-refractivity contribution < 1.29 is 4.42 Å². The predicted molar refractivity (Wildman–Crippen MR) is 257 cm³/mol. The number of hydrogen-bond donors (Lipinski definition) is 0. The first kappa shape index (κ1) is 34.9. The summed E-state index contributed by atoms with van der Waals surface area (Å²) in [6.07, 6.45) is 0. The highest BCUT2D eigenvalue weighted by Gasteiger charge is 2.21. The highest BCUT2D eigenvalue weighted by atomic mass is 16.3. The molecule has 2 aromatic heterocycles. The number of hydrogen-bond acceptors (Lipinski definition) is 2. The minimum absolute atomic E-state index is 0.858. The average molecular weight is 779 g/mol. The summed E-state index contributed by atoms with van der Waals surface area (Å²) >= 11 is 0. The van der Waals surface area contributed by atoms with Crippen LogP contribution in [0.3, 0.4) is 0 Å². The van der Waals surface area contributed by atoms with Crippen molar-refractivity contribution in [2.24, 2.45) is 0 Å². The van der Waals surface area contributed by atoms with Crippen LogP contribution in [0.25, 0.3) is 93.6 Å². The van der Waals surface area contributed by atoms with Gasteiger partial charge in [-0.2, -0.15) is 0 Å². The molecule has 0 atom stereocenters. The molecule has 0 aliphatic heterocycles. The Labute approximate surface area is 353 Å². The molecule has 0 aliphatic rings. The van der Waals surface area contributed by atoms with Gasteiger partial charge in [0.15, 0.2) is 5.58 Å². The largest absolute Gasteiger partial charge is 0.454 e. The summed E-state index contributed by atoms with van der Waals surface area (Å²) in [4.78, 5) is 2.32. The molecule has 12 aromatic rings. The number of anilines is 3. The van der Waals surface area contributed by atoms with Crippen molar-refractivity contribution >= 4 is 71.6 Å². The number of nitrogens with zero attached hydrogens (tertiary/aromatic N) is 2. The topological polar surface area (TPSA) is 21.3 Å². The molecule has 0 radical (unpaired) electrons. The summed E-state index contributed by atoms with van der Waals surface area (Å²) in [6, 6.07) is 82.8. The van der Waals surface area contributed by atoms with Gasteiger partial charge in [-0.15, -0.1) is 0 Å². The highest BCUT2D eigenvalue weighted by molar-refractivity contribution is 6.11. The van der Waals surface area contributed by atoms with Crippen LogP contribution in [0.4, 0.5) is 17.1 Å². The monoisotopic (exact) mass is 778 g/mol. The zero-order valence-electron chi connectivity index (χ0n) is 33.2. The average Bonchev–Trinajstić information content (AvgIpc) is 3.89. The number of benzene rings is 10. The molecule has 3 heteroatoms. The van der Waals surface area contributed by atoms with Crippen LogP contribution in [-0.2, 0) is 0 Å². The second kappa shape index (κ2) is 14.3. The Balaban J connectivity index is 0.960. The van der Waals surface area contributed by atoms with Gasteiger partial charge in [0.2, 0.25) is 0 Å². The van der Waals surface area contributed by atoms with Crippen LogP contribution in [0.5, 0.6) is 0 Å². The van der Waals surface area contributed by atoms with E-state index in [1.807, 2.05) is 12.1 Å². The van der Waals surface area contributed by atoms with E-state index in [4.69, 9.17) is 4.42 Å². The van der Waals surface area contributed by atoms with Crippen molar-refractivity contribution in [1.29, 1.82) is 0 Å². The molecule has 0 amide bonds. The second-order valence-electron chi connectivity index (χ2n) is 15.7. The molecule has 0 fully saturated rings. The van der Waals surface area contributed by atoms with Crippen LogP contribution in [0, 0.1) is 0 Å². The Kier molecular flexibility index (Phi) is 8.17. The van der Waals surface area contributed by atoms with Gasteiger partial charge in [0, 0.05) is 38.5 Å². The third-order valence-electron chi connectivity index (χ3n) is 12.2. The minimum Gasteiger partial charge on any atom is -0.454 e. The van der Waals surface area contributed by atoms with Gasteiger partial charge in [-0.05, 0) is 105 Å². The van der Waals surface area contributed by atoms with Gasteiger partial charge < -0.3 is 13.9 Å². The molecule has 2 heterocycles. The zero-order chi connectivity index (χ0) is 40.3. The summed E-state index contributed by atoms with van der Waals surface area (Å²) in [7, 11) is 0. The van der Waals surface area contributed by atoms with Gasteiger partial charge in [0.25, 0.3) is 0 Å². The SMILES string of the molecule is c1cc(-c2ccc(N(c3ccc(-c4ccccc4-n4c5ccccc5c5ccccc54)cc3)c3cccc4c3oc3ccccc34)cc2)cc(-c2ccc3ccccc3c2)c1. The molecule has 0 bridgehead atoms. The highest BCUT2D eigenvalue weighted by Crippen LogP contribution is 2.44. The Hall–Kier alpha value is -8.14. The quantitative estimate of drug-likeness (QED) is 0.161. The van der Waals surface area contributed by atoms with E-state index in [2.05, 4.69) is 228 Å². The normalized spacial score (nSPS) is 11.6. The lowest BCUT2D eigenvalue weighted by Crippen LogP contribution is -2.10. The fourth-order valence-corrected chi connectivity index (χ4v) is 9.27. The van der Waals surface area contributed by atoms with Crippen molar-refractivity contribution in [3.05, 3.63) is 231 Å². The smallest absolute Gasteiger partial charge is 0.159 e. The maximum absolute atomic E-state index is 6.66. The maximum atomic E-state index is 6.66. The first-order valence-electron chi connectivity index (χ1n) is 20.8. The van der Waals surface area contributed by atoms with Gasteiger partial charge in [-0.3, -0.25) is 0 Å². The van der Waals surface area contributed by atoms with Crippen molar-refractivity contribution in [3.8, 4) is 39.1 Å². The van der Waals surface area contributed by atoms with E-state index < -0.39 is 0 Å². The van der Waals surface area contributed by atoms with Gasteiger partial charge in [0.05, 0.1) is 22.4 Å². The second-order valence-corrected chi connectivity index (χ2v) is 15.7. The van der Waals surface area contributed by atoms with Crippen LogP contribution in [0.2, 0.25) is 0 Å². The van der Waals surface area contributed by atoms with Crippen LogP contribution < -0.4 is 4.90 Å². The molecular formula is C58H38N2O. The van der Waals surface area contributed by atoms with E-state index in [1.165, 1.54) is 54.8 Å². The minimum atomic E-state index is 0.858. The van der Waals surface area contributed by atoms with Gasteiger partial charge in [0.1, 0.15) is 5.58 Å². The first-order valence-corrected chi connectivity index (χ1v) is 20.8. The van der Waals surface area contributed by atoms with Gasteiger partial charge in [-0.1, -0.05) is 164 Å². The molecule has 0 saturated heterocycles. The van der Waals surface area contributed by atoms with Crippen LogP contribution in [0.1, 0.15) is 0 Å². The lowest BCUT2D eigenvalue weighted by molar-refractivity contribution is 0.669. The molecule has 0 unspecified atom stereocenters. The number of para-hydroxylation sites is 5. The number of fused-ring (bicyclic) bond motifs is 7. The molecule has 286 valence electrons. The third kappa shape index (κ3) is 5.90. The Morgan fingerprint density at radius 2 is 0.885 bits per heavy atom. The number of rotatable bonds is 7. The number of furan rings is 1. The first-order chi connectivity index (χ1) is 30.2. The van der Waals surface area contributed by atoms with Crippen molar-refractivity contribution in [1.82, 2.24) is 4.57 Å². The van der Waals surface area contributed by atoms with E-state index in [1.54, 1.807) is 0 Å². The van der Waals surface area contributed by atoms with E-state index >= 15 is 0 Å². The number of aromatic nitrogens is 1. The molecule has 0 N–H and O–H groups in total.